The van der Waals surface area contributed by atoms with Gasteiger partial charge in [0.25, 0.3) is 0 Å². The van der Waals surface area contributed by atoms with E-state index in [-0.39, 0.29) is 17.4 Å². The third kappa shape index (κ3) is 2.77. The lowest BCUT2D eigenvalue weighted by Gasteiger charge is -2.01. The first-order chi connectivity index (χ1) is 10.5. The van der Waals surface area contributed by atoms with Crippen molar-refractivity contribution in [2.45, 2.75) is 0 Å². The van der Waals surface area contributed by atoms with E-state index in [9.17, 15) is 14.9 Å². The van der Waals surface area contributed by atoms with Gasteiger partial charge in [0.05, 0.1) is 11.6 Å². The Balaban J connectivity index is 1.94. The van der Waals surface area contributed by atoms with Gasteiger partial charge in [-0.15, -0.1) is 0 Å². The number of cyclic esters (lactones) is 1. The number of carbonyl (C=O) groups excluding carboxylic acids is 1. The zero-order valence-electron chi connectivity index (χ0n) is 10.9. The van der Waals surface area contributed by atoms with Crippen LogP contribution in [0.2, 0.25) is 0 Å². The minimum Gasteiger partial charge on any atom is -0.402 e. The van der Waals surface area contributed by atoms with Gasteiger partial charge in [-0.3, -0.25) is 10.1 Å². The summed E-state index contributed by atoms with van der Waals surface area (Å²) in [5.41, 5.74) is 0.726. The van der Waals surface area contributed by atoms with Crippen LogP contribution in [0.25, 0.3) is 6.08 Å². The maximum atomic E-state index is 11.8. The van der Waals surface area contributed by atoms with Gasteiger partial charge in [-0.25, -0.2) is 9.79 Å². The van der Waals surface area contributed by atoms with Gasteiger partial charge in [-0.2, -0.15) is 0 Å². The molecule has 1 aromatic carbocycles. The summed E-state index contributed by atoms with van der Waals surface area (Å²) in [6.07, 6.45) is 1.30. The molecule has 1 aliphatic rings. The standard InChI is InChI=1S/C14H7IN2O5/c15-10-4-2-1-3-9(10)13-16-11(14(18)22-13)7-8-5-6-12(21-8)17(19)20/h1-7H/b11-7-. The topological polar surface area (TPSA) is 94.9 Å². The van der Waals surface area contributed by atoms with Gasteiger partial charge >= 0.3 is 11.9 Å². The number of hydrogen-bond donors (Lipinski definition) is 0. The first-order valence-electron chi connectivity index (χ1n) is 6.06. The van der Waals surface area contributed by atoms with Crippen LogP contribution < -0.4 is 0 Å². The van der Waals surface area contributed by atoms with Gasteiger partial charge in [0.2, 0.25) is 5.90 Å². The summed E-state index contributed by atoms with van der Waals surface area (Å²) in [6.45, 7) is 0. The van der Waals surface area contributed by atoms with E-state index >= 15 is 0 Å². The number of rotatable bonds is 3. The molecule has 7 nitrogen and oxygen atoms in total. The number of esters is 1. The predicted molar refractivity (Wildman–Crippen MR) is 85.1 cm³/mol. The Hall–Kier alpha value is -2.49. The van der Waals surface area contributed by atoms with Crippen LogP contribution in [-0.4, -0.2) is 16.8 Å². The Bertz CT molecular complexity index is 837. The van der Waals surface area contributed by atoms with E-state index in [0.717, 1.165) is 3.57 Å². The van der Waals surface area contributed by atoms with E-state index in [1.165, 1.54) is 18.2 Å². The fraction of sp³-hybridized carbons (Fsp3) is 0. The van der Waals surface area contributed by atoms with Crippen LogP contribution in [0.15, 0.2) is 51.5 Å². The van der Waals surface area contributed by atoms with E-state index in [2.05, 4.69) is 27.6 Å². The number of nitro groups is 1. The number of halogens is 1. The molecule has 0 amide bonds. The van der Waals surface area contributed by atoms with Crippen molar-refractivity contribution in [3.8, 4) is 0 Å². The molecule has 0 saturated heterocycles. The molecule has 22 heavy (non-hydrogen) atoms. The molecular weight excluding hydrogens is 403 g/mol. The zero-order valence-corrected chi connectivity index (χ0v) is 13.0. The Morgan fingerprint density at radius 1 is 1.23 bits per heavy atom. The lowest BCUT2D eigenvalue weighted by atomic mass is 10.2. The predicted octanol–water partition coefficient (Wildman–Crippen LogP) is 3.14. The van der Waals surface area contributed by atoms with Crippen LogP contribution in [0.5, 0.6) is 0 Å². The molecule has 0 unspecified atom stereocenters. The van der Waals surface area contributed by atoms with Crippen molar-refractivity contribution >= 4 is 46.4 Å². The van der Waals surface area contributed by atoms with Crippen LogP contribution >= 0.6 is 22.6 Å². The lowest BCUT2D eigenvalue weighted by Crippen LogP contribution is -2.06. The van der Waals surface area contributed by atoms with Gasteiger partial charge in [0, 0.05) is 9.65 Å². The number of aliphatic imine (C=N–C) groups is 1. The number of benzene rings is 1. The van der Waals surface area contributed by atoms with Crippen molar-refractivity contribution in [2.75, 3.05) is 0 Å². The monoisotopic (exact) mass is 410 g/mol. The van der Waals surface area contributed by atoms with Gasteiger partial charge < -0.3 is 9.15 Å². The highest BCUT2D eigenvalue weighted by atomic mass is 127. The maximum Gasteiger partial charge on any atom is 0.433 e. The summed E-state index contributed by atoms with van der Waals surface area (Å²) < 4.78 is 11.0. The van der Waals surface area contributed by atoms with Gasteiger partial charge in [0.1, 0.15) is 10.7 Å². The smallest absolute Gasteiger partial charge is 0.402 e. The van der Waals surface area contributed by atoms with Gasteiger partial charge in [-0.1, -0.05) is 12.1 Å². The molecule has 3 rings (SSSR count). The molecule has 2 aromatic rings. The van der Waals surface area contributed by atoms with Crippen LogP contribution in [0.4, 0.5) is 5.88 Å². The van der Waals surface area contributed by atoms with Crippen LogP contribution in [0.1, 0.15) is 11.3 Å². The van der Waals surface area contributed by atoms with Crippen molar-refractivity contribution < 1.29 is 18.9 Å². The number of ether oxygens (including phenoxy) is 1. The number of furan rings is 1. The number of nitrogens with zero attached hydrogens (tertiary/aromatic N) is 2. The van der Waals surface area contributed by atoms with Crippen LogP contribution in [-0.2, 0) is 9.53 Å². The average Bonchev–Trinajstić information content (AvgIpc) is 3.08. The highest BCUT2D eigenvalue weighted by Gasteiger charge is 2.26. The fourth-order valence-corrected chi connectivity index (χ4v) is 2.43. The summed E-state index contributed by atoms with van der Waals surface area (Å²) in [7, 11) is 0. The Labute approximate surface area is 137 Å². The van der Waals surface area contributed by atoms with Crippen LogP contribution in [0.3, 0.4) is 0 Å². The molecule has 110 valence electrons. The average molecular weight is 410 g/mol. The maximum absolute atomic E-state index is 11.8. The van der Waals surface area contributed by atoms with Gasteiger partial charge in [-0.05, 0) is 40.8 Å². The number of carbonyl (C=O) groups is 1. The van der Waals surface area contributed by atoms with Crippen molar-refractivity contribution in [3.05, 3.63) is 67.1 Å². The van der Waals surface area contributed by atoms with Crippen molar-refractivity contribution in [1.29, 1.82) is 0 Å². The fourth-order valence-electron chi connectivity index (χ4n) is 1.81. The molecule has 1 aromatic heterocycles. The second-order valence-electron chi connectivity index (χ2n) is 4.25. The van der Waals surface area contributed by atoms with Crippen LogP contribution in [0, 0.1) is 13.7 Å². The minimum absolute atomic E-state index is 0.0268. The molecule has 0 atom stereocenters. The normalized spacial score (nSPS) is 15.8. The summed E-state index contributed by atoms with van der Waals surface area (Å²) in [4.78, 5) is 25.9. The largest absolute Gasteiger partial charge is 0.433 e. The summed E-state index contributed by atoms with van der Waals surface area (Å²) in [6, 6.07) is 9.92. The minimum atomic E-state index is -0.657. The molecule has 0 aliphatic carbocycles. The molecule has 8 heteroatoms. The van der Waals surface area contributed by atoms with E-state index in [0.29, 0.717) is 5.56 Å². The van der Waals surface area contributed by atoms with Crippen molar-refractivity contribution in [3.63, 3.8) is 0 Å². The van der Waals surface area contributed by atoms with Gasteiger partial charge in [0.15, 0.2) is 5.70 Å². The Kier molecular flexibility index (Phi) is 3.75. The quantitative estimate of drug-likeness (QED) is 0.255. The molecule has 0 N–H and O–H groups in total. The highest BCUT2D eigenvalue weighted by molar-refractivity contribution is 14.1. The van der Waals surface area contributed by atoms with E-state index in [1.54, 1.807) is 6.07 Å². The summed E-state index contributed by atoms with van der Waals surface area (Å²) in [5.74, 6) is -0.678. The van der Waals surface area contributed by atoms with E-state index < -0.39 is 16.8 Å². The highest BCUT2D eigenvalue weighted by Crippen LogP contribution is 2.24. The zero-order chi connectivity index (χ0) is 15.7. The third-order valence-electron chi connectivity index (χ3n) is 2.80. The first-order valence-corrected chi connectivity index (χ1v) is 7.14. The molecule has 0 radical (unpaired) electrons. The SMILES string of the molecule is O=C1OC(c2ccccc2I)=N/C1=C\c1ccc([N+](=O)[O-])o1. The summed E-state index contributed by atoms with van der Waals surface area (Å²) >= 11 is 2.11. The molecule has 0 spiro atoms. The third-order valence-corrected chi connectivity index (χ3v) is 3.74. The summed E-state index contributed by atoms with van der Waals surface area (Å²) in [5, 5.41) is 10.6. The molecule has 1 aliphatic heterocycles. The second-order valence-corrected chi connectivity index (χ2v) is 5.41. The lowest BCUT2D eigenvalue weighted by molar-refractivity contribution is -0.402. The Morgan fingerprint density at radius 3 is 2.68 bits per heavy atom. The van der Waals surface area contributed by atoms with Crippen molar-refractivity contribution in [1.82, 2.24) is 0 Å². The molecule has 0 saturated carbocycles. The second kappa shape index (κ2) is 5.72. The molecular formula is C14H7IN2O5. The van der Waals surface area contributed by atoms with E-state index in [1.807, 2.05) is 18.2 Å². The molecule has 0 fully saturated rings. The molecule has 2 heterocycles. The number of hydrogen-bond acceptors (Lipinski definition) is 6. The molecule has 0 bridgehead atoms. The van der Waals surface area contributed by atoms with Crippen molar-refractivity contribution in [2.24, 2.45) is 4.99 Å². The Morgan fingerprint density at radius 2 is 2.00 bits per heavy atom. The van der Waals surface area contributed by atoms with E-state index in [4.69, 9.17) is 9.15 Å². The first kappa shape index (κ1) is 14.4.